The molecule has 2 rings (SSSR count). The summed E-state index contributed by atoms with van der Waals surface area (Å²) in [4.78, 5) is 12.2. The molecule has 0 heterocycles. The molecule has 1 amide bonds. The SMILES string of the molecule is Cc1cc(C)c(C)c(OC(C)C(=O)NCCSCc2ccccc2)c1. The van der Waals surface area contributed by atoms with Gasteiger partial charge in [-0.2, -0.15) is 11.8 Å². The molecular formula is C21H27NO2S. The van der Waals surface area contributed by atoms with Gasteiger partial charge in [-0.1, -0.05) is 36.4 Å². The van der Waals surface area contributed by atoms with Gasteiger partial charge >= 0.3 is 0 Å². The van der Waals surface area contributed by atoms with Crippen LogP contribution in [0.25, 0.3) is 0 Å². The van der Waals surface area contributed by atoms with Crippen LogP contribution in [0.2, 0.25) is 0 Å². The van der Waals surface area contributed by atoms with E-state index in [1.165, 1.54) is 11.1 Å². The van der Waals surface area contributed by atoms with Gasteiger partial charge in [0.2, 0.25) is 0 Å². The monoisotopic (exact) mass is 357 g/mol. The summed E-state index contributed by atoms with van der Waals surface area (Å²) in [7, 11) is 0. The van der Waals surface area contributed by atoms with Crippen LogP contribution >= 0.6 is 11.8 Å². The lowest BCUT2D eigenvalue weighted by Crippen LogP contribution is -2.37. The van der Waals surface area contributed by atoms with E-state index in [1.54, 1.807) is 6.92 Å². The molecule has 0 radical (unpaired) electrons. The first-order valence-electron chi connectivity index (χ1n) is 8.61. The zero-order valence-corrected chi connectivity index (χ0v) is 16.3. The normalized spacial score (nSPS) is 11.8. The Bertz CT molecular complexity index is 701. The number of aryl methyl sites for hydroxylation is 2. The largest absolute Gasteiger partial charge is 0.481 e. The van der Waals surface area contributed by atoms with Crippen molar-refractivity contribution in [2.24, 2.45) is 0 Å². The number of hydrogen-bond donors (Lipinski definition) is 1. The molecule has 4 heteroatoms. The predicted molar refractivity (Wildman–Crippen MR) is 106 cm³/mol. The second kappa shape index (κ2) is 9.52. The van der Waals surface area contributed by atoms with Gasteiger partial charge in [0.1, 0.15) is 5.75 Å². The van der Waals surface area contributed by atoms with E-state index in [0.29, 0.717) is 6.54 Å². The van der Waals surface area contributed by atoms with Gasteiger partial charge in [0.05, 0.1) is 0 Å². The molecular weight excluding hydrogens is 330 g/mol. The molecule has 0 spiro atoms. The fraction of sp³-hybridized carbons (Fsp3) is 0.381. The maximum Gasteiger partial charge on any atom is 0.260 e. The average Bonchev–Trinajstić information content (AvgIpc) is 2.59. The third-order valence-corrected chi connectivity index (χ3v) is 5.12. The van der Waals surface area contributed by atoms with E-state index >= 15 is 0 Å². The second-order valence-corrected chi connectivity index (χ2v) is 7.40. The van der Waals surface area contributed by atoms with Gasteiger partial charge in [-0.15, -0.1) is 0 Å². The smallest absolute Gasteiger partial charge is 0.260 e. The summed E-state index contributed by atoms with van der Waals surface area (Å²) in [6, 6.07) is 14.5. The lowest BCUT2D eigenvalue weighted by molar-refractivity contribution is -0.127. The Kier molecular flexibility index (Phi) is 7.38. The molecule has 3 nitrogen and oxygen atoms in total. The summed E-state index contributed by atoms with van der Waals surface area (Å²) in [5, 5.41) is 2.95. The highest BCUT2D eigenvalue weighted by molar-refractivity contribution is 7.98. The van der Waals surface area contributed by atoms with Crippen LogP contribution in [0.5, 0.6) is 5.75 Å². The molecule has 0 aliphatic rings. The molecule has 0 fully saturated rings. The van der Waals surface area contributed by atoms with Crippen LogP contribution in [0.15, 0.2) is 42.5 Å². The number of carbonyl (C=O) groups excluding carboxylic acids is 1. The van der Waals surface area contributed by atoms with Crippen molar-refractivity contribution in [3.05, 3.63) is 64.7 Å². The molecule has 0 bridgehead atoms. The third-order valence-electron chi connectivity index (χ3n) is 4.09. The van der Waals surface area contributed by atoms with Crippen LogP contribution in [0, 0.1) is 20.8 Å². The van der Waals surface area contributed by atoms with Crippen LogP contribution in [-0.2, 0) is 10.5 Å². The van der Waals surface area contributed by atoms with E-state index in [4.69, 9.17) is 4.74 Å². The maximum atomic E-state index is 12.2. The van der Waals surface area contributed by atoms with Crippen molar-refractivity contribution in [2.45, 2.75) is 39.6 Å². The van der Waals surface area contributed by atoms with Gasteiger partial charge in [-0.25, -0.2) is 0 Å². The summed E-state index contributed by atoms with van der Waals surface area (Å²) < 4.78 is 5.88. The third kappa shape index (κ3) is 6.13. The average molecular weight is 358 g/mol. The van der Waals surface area contributed by atoms with Crippen LogP contribution < -0.4 is 10.1 Å². The van der Waals surface area contributed by atoms with Crippen molar-refractivity contribution < 1.29 is 9.53 Å². The Morgan fingerprint density at radius 2 is 1.88 bits per heavy atom. The minimum atomic E-state index is -0.501. The standard InChI is InChI=1S/C21H27NO2S/c1-15-12-16(2)17(3)20(13-15)24-18(4)21(23)22-10-11-25-14-19-8-6-5-7-9-19/h5-9,12-13,18H,10-11,14H2,1-4H3,(H,22,23). The molecule has 1 N–H and O–H groups in total. The summed E-state index contributed by atoms with van der Waals surface area (Å²) in [6.07, 6.45) is -0.501. The van der Waals surface area contributed by atoms with Crippen molar-refractivity contribution in [3.63, 3.8) is 0 Å². The van der Waals surface area contributed by atoms with Crippen LogP contribution in [0.3, 0.4) is 0 Å². The lowest BCUT2D eigenvalue weighted by Gasteiger charge is -2.18. The number of nitrogens with one attached hydrogen (secondary N) is 1. The molecule has 1 atom stereocenters. The summed E-state index contributed by atoms with van der Waals surface area (Å²) in [6.45, 7) is 8.56. The van der Waals surface area contributed by atoms with Gasteiger partial charge in [-0.3, -0.25) is 4.79 Å². The van der Waals surface area contributed by atoms with Gasteiger partial charge in [-0.05, 0) is 56.0 Å². The maximum absolute atomic E-state index is 12.2. The van der Waals surface area contributed by atoms with Crippen molar-refractivity contribution in [3.8, 4) is 5.75 Å². The molecule has 1 unspecified atom stereocenters. The first kappa shape index (κ1) is 19.4. The molecule has 0 saturated carbocycles. The fourth-order valence-electron chi connectivity index (χ4n) is 2.52. The summed E-state index contributed by atoms with van der Waals surface area (Å²) in [5.74, 6) is 2.57. The van der Waals surface area contributed by atoms with Gasteiger partial charge in [0.25, 0.3) is 5.91 Å². The Morgan fingerprint density at radius 1 is 1.16 bits per heavy atom. The lowest BCUT2D eigenvalue weighted by atomic mass is 10.1. The van der Waals surface area contributed by atoms with Crippen molar-refractivity contribution in [1.82, 2.24) is 5.32 Å². The molecule has 134 valence electrons. The Balaban J connectivity index is 1.73. The topological polar surface area (TPSA) is 38.3 Å². The number of thioether (sulfide) groups is 1. The number of ether oxygens (including phenoxy) is 1. The number of benzene rings is 2. The van der Waals surface area contributed by atoms with Crippen LogP contribution in [0.4, 0.5) is 0 Å². The molecule has 0 saturated heterocycles. The Morgan fingerprint density at radius 3 is 2.60 bits per heavy atom. The number of carbonyl (C=O) groups is 1. The zero-order valence-electron chi connectivity index (χ0n) is 15.5. The van der Waals surface area contributed by atoms with E-state index in [9.17, 15) is 4.79 Å². The van der Waals surface area contributed by atoms with E-state index in [0.717, 1.165) is 28.4 Å². The summed E-state index contributed by atoms with van der Waals surface area (Å²) in [5.41, 5.74) is 4.72. The van der Waals surface area contributed by atoms with Crippen LogP contribution in [0.1, 0.15) is 29.2 Å². The van der Waals surface area contributed by atoms with E-state index in [-0.39, 0.29) is 5.91 Å². The first-order chi connectivity index (χ1) is 12.0. The number of amides is 1. The number of hydrogen-bond acceptors (Lipinski definition) is 3. The van der Waals surface area contributed by atoms with E-state index in [2.05, 4.69) is 30.4 Å². The number of rotatable bonds is 8. The zero-order chi connectivity index (χ0) is 18.2. The Hall–Kier alpha value is -1.94. The second-order valence-electron chi connectivity index (χ2n) is 6.29. The van der Waals surface area contributed by atoms with Gasteiger partial charge in [0.15, 0.2) is 6.10 Å². The quantitative estimate of drug-likeness (QED) is 0.710. The first-order valence-corrected chi connectivity index (χ1v) is 9.76. The van der Waals surface area contributed by atoms with Gasteiger partial charge < -0.3 is 10.1 Å². The molecule has 2 aromatic rings. The van der Waals surface area contributed by atoms with Crippen LogP contribution in [-0.4, -0.2) is 24.3 Å². The minimum Gasteiger partial charge on any atom is -0.481 e. The molecule has 0 aliphatic heterocycles. The van der Waals surface area contributed by atoms with Crippen molar-refractivity contribution in [1.29, 1.82) is 0 Å². The van der Waals surface area contributed by atoms with E-state index in [1.807, 2.05) is 49.9 Å². The highest BCUT2D eigenvalue weighted by Gasteiger charge is 2.16. The molecule has 0 aliphatic carbocycles. The Labute approximate surface area is 155 Å². The highest BCUT2D eigenvalue weighted by Crippen LogP contribution is 2.24. The molecule has 2 aromatic carbocycles. The van der Waals surface area contributed by atoms with Crippen molar-refractivity contribution in [2.75, 3.05) is 12.3 Å². The fourth-order valence-corrected chi connectivity index (χ4v) is 3.34. The van der Waals surface area contributed by atoms with Gasteiger partial charge in [0, 0.05) is 18.1 Å². The molecule has 25 heavy (non-hydrogen) atoms. The van der Waals surface area contributed by atoms with E-state index < -0.39 is 6.10 Å². The van der Waals surface area contributed by atoms with Crippen molar-refractivity contribution >= 4 is 17.7 Å². The molecule has 0 aromatic heterocycles. The predicted octanol–water partition coefficient (Wildman–Crippen LogP) is 4.43. The highest BCUT2D eigenvalue weighted by atomic mass is 32.2. The minimum absolute atomic E-state index is 0.0705. The summed E-state index contributed by atoms with van der Waals surface area (Å²) >= 11 is 1.81.